The first-order chi connectivity index (χ1) is 5.66. The molecule has 0 radical (unpaired) electrons. The number of anilines is 1. The molecule has 0 amide bonds. The van der Waals surface area contributed by atoms with Crippen LogP contribution in [0.2, 0.25) is 0 Å². The van der Waals surface area contributed by atoms with Crippen LogP contribution in [0.15, 0.2) is 24.9 Å². The lowest BCUT2D eigenvalue weighted by Crippen LogP contribution is -1.93. The summed E-state index contributed by atoms with van der Waals surface area (Å²) in [7, 11) is 0. The van der Waals surface area contributed by atoms with E-state index in [9.17, 15) is 5.11 Å². The summed E-state index contributed by atoms with van der Waals surface area (Å²) in [5.41, 5.74) is 2.89. The fraction of sp³-hybridized carbons (Fsp3) is 0.200. The molecule has 1 aromatic rings. The summed E-state index contributed by atoms with van der Waals surface area (Å²) in [6, 6.07) is 3.56. The van der Waals surface area contributed by atoms with Crippen LogP contribution in [0.4, 0.5) is 5.69 Å². The zero-order valence-corrected chi connectivity index (χ0v) is 7.39. The Bertz CT molecular complexity index is 305. The van der Waals surface area contributed by atoms with E-state index in [-0.39, 0.29) is 0 Å². The molecule has 0 aliphatic carbocycles. The molecule has 0 aliphatic rings. The highest BCUT2D eigenvalue weighted by Crippen LogP contribution is 2.27. The Morgan fingerprint density at radius 3 is 2.67 bits per heavy atom. The molecule has 0 aromatic heterocycles. The molecule has 2 heteroatoms. The Kier molecular flexibility index (Phi) is 2.38. The molecule has 2 nitrogen and oxygen atoms in total. The Hall–Kier alpha value is -1.44. The van der Waals surface area contributed by atoms with Crippen LogP contribution >= 0.6 is 0 Å². The van der Waals surface area contributed by atoms with E-state index in [0.717, 1.165) is 16.8 Å². The summed E-state index contributed by atoms with van der Waals surface area (Å²) < 4.78 is 0. The van der Waals surface area contributed by atoms with Gasteiger partial charge in [-0.05, 0) is 31.7 Å². The third-order valence-corrected chi connectivity index (χ3v) is 1.89. The Morgan fingerprint density at radius 1 is 1.42 bits per heavy atom. The Labute approximate surface area is 72.5 Å². The van der Waals surface area contributed by atoms with Crippen molar-refractivity contribution in [3.63, 3.8) is 0 Å². The molecule has 0 fully saturated rings. The third kappa shape index (κ3) is 1.42. The molecule has 0 bridgehead atoms. The van der Waals surface area contributed by atoms with Gasteiger partial charge in [0, 0.05) is 11.3 Å². The molecule has 1 rings (SSSR count). The van der Waals surface area contributed by atoms with Gasteiger partial charge in [-0.1, -0.05) is 12.6 Å². The minimum absolute atomic E-state index is 0.310. The molecule has 0 unspecified atom stereocenters. The van der Waals surface area contributed by atoms with Crippen LogP contribution in [0, 0.1) is 13.8 Å². The smallest absolute Gasteiger partial charge is 0.120 e. The van der Waals surface area contributed by atoms with E-state index < -0.39 is 0 Å². The van der Waals surface area contributed by atoms with Crippen LogP contribution in [0.5, 0.6) is 5.75 Å². The van der Waals surface area contributed by atoms with Crippen molar-refractivity contribution in [1.29, 1.82) is 0 Å². The number of nitrogens with one attached hydrogen (secondary N) is 1. The van der Waals surface area contributed by atoms with Crippen LogP contribution < -0.4 is 5.32 Å². The van der Waals surface area contributed by atoms with Crippen molar-refractivity contribution in [1.82, 2.24) is 0 Å². The van der Waals surface area contributed by atoms with Crippen molar-refractivity contribution in [3.8, 4) is 5.75 Å². The number of hydrogen-bond donors (Lipinski definition) is 2. The van der Waals surface area contributed by atoms with Gasteiger partial charge in [0.25, 0.3) is 0 Å². The number of aryl methyl sites for hydroxylation is 1. The fourth-order valence-electron chi connectivity index (χ4n) is 1.16. The second-order valence-electron chi connectivity index (χ2n) is 2.75. The highest BCUT2D eigenvalue weighted by molar-refractivity contribution is 5.62. The maximum Gasteiger partial charge on any atom is 0.120 e. The average Bonchev–Trinajstić information content (AvgIpc) is 2.06. The molecule has 0 atom stereocenters. The molecule has 0 heterocycles. The number of phenols is 1. The van der Waals surface area contributed by atoms with E-state index in [0.29, 0.717) is 5.75 Å². The van der Waals surface area contributed by atoms with E-state index in [1.165, 1.54) is 0 Å². The zero-order valence-electron chi connectivity index (χ0n) is 7.39. The molecular formula is C10H13NO. The van der Waals surface area contributed by atoms with Crippen molar-refractivity contribution in [2.45, 2.75) is 13.8 Å². The molecule has 12 heavy (non-hydrogen) atoms. The highest BCUT2D eigenvalue weighted by atomic mass is 16.3. The van der Waals surface area contributed by atoms with Gasteiger partial charge in [0.2, 0.25) is 0 Å². The first-order valence-electron chi connectivity index (χ1n) is 3.83. The predicted octanol–water partition coefficient (Wildman–Crippen LogP) is 2.56. The average molecular weight is 163 g/mol. The minimum Gasteiger partial charge on any atom is -0.508 e. The van der Waals surface area contributed by atoms with Crippen molar-refractivity contribution in [2.24, 2.45) is 0 Å². The molecule has 64 valence electrons. The van der Waals surface area contributed by atoms with Crippen molar-refractivity contribution in [2.75, 3.05) is 5.32 Å². The highest BCUT2D eigenvalue weighted by Gasteiger charge is 2.03. The van der Waals surface area contributed by atoms with E-state index in [2.05, 4.69) is 11.9 Å². The van der Waals surface area contributed by atoms with Gasteiger partial charge < -0.3 is 10.4 Å². The van der Waals surface area contributed by atoms with Gasteiger partial charge in [-0.25, -0.2) is 0 Å². The Morgan fingerprint density at radius 2 is 2.08 bits per heavy atom. The van der Waals surface area contributed by atoms with Crippen LogP contribution in [-0.2, 0) is 0 Å². The maximum absolute atomic E-state index is 9.38. The van der Waals surface area contributed by atoms with Crippen LogP contribution in [0.3, 0.4) is 0 Å². The van der Waals surface area contributed by atoms with Gasteiger partial charge >= 0.3 is 0 Å². The molecular weight excluding hydrogens is 150 g/mol. The van der Waals surface area contributed by atoms with Gasteiger partial charge in [-0.3, -0.25) is 0 Å². The van der Waals surface area contributed by atoms with Crippen molar-refractivity contribution in [3.05, 3.63) is 36.0 Å². The van der Waals surface area contributed by atoms with E-state index in [1.54, 1.807) is 12.3 Å². The third-order valence-electron chi connectivity index (χ3n) is 1.89. The second kappa shape index (κ2) is 3.30. The second-order valence-corrected chi connectivity index (χ2v) is 2.75. The summed E-state index contributed by atoms with van der Waals surface area (Å²) >= 11 is 0. The van der Waals surface area contributed by atoms with Gasteiger partial charge in [-0.2, -0.15) is 0 Å². The van der Waals surface area contributed by atoms with Gasteiger partial charge in [0.05, 0.1) is 0 Å². The number of aromatic hydroxyl groups is 1. The van der Waals surface area contributed by atoms with Gasteiger partial charge in [0.1, 0.15) is 5.75 Å². The monoisotopic (exact) mass is 163 g/mol. The molecule has 2 N–H and O–H groups in total. The first-order valence-corrected chi connectivity index (χ1v) is 3.83. The number of hydrogen-bond acceptors (Lipinski definition) is 2. The topological polar surface area (TPSA) is 32.3 Å². The summed E-state index contributed by atoms with van der Waals surface area (Å²) in [5, 5.41) is 12.4. The molecule has 0 saturated carbocycles. The summed E-state index contributed by atoms with van der Waals surface area (Å²) in [6.45, 7) is 7.43. The van der Waals surface area contributed by atoms with Crippen LogP contribution in [0.1, 0.15) is 11.1 Å². The Balaban J connectivity index is 3.22. The van der Waals surface area contributed by atoms with Crippen molar-refractivity contribution >= 4 is 5.69 Å². The van der Waals surface area contributed by atoms with Crippen LogP contribution in [-0.4, -0.2) is 5.11 Å². The lowest BCUT2D eigenvalue weighted by Gasteiger charge is -2.10. The first kappa shape index (κ1) is 8.65. The number of benzene rings is 1. The SMILES string of the molecule is C=CNc1c(C)ccc(O)c1C. The molecule has 0 aliphatic heterocycles. The molecule has 0 spiro atoms. The number of rotatable bonds is 2. The summed E-state index contributed by atoms with van der Waals surface area (Å²) in [6.07, 6.45) is 1.61. The van der Waals surface area contributed by atoms with Gasteiger partial charge in [-0.15, -0.1) is 0 Å². The standard InChI is InChI=1S/C10H13NO/c1-4-11-10-7(2)5-6-9(12)8(10)3/h4-6,11-12H,1H2,2-3H3. The van der Waals surface area contributed by atoms with E-state index in [1.807, 2.05) is 19.9 Å². The molecule has 0 saturated heterocycles. The fourth-order valence-corrected chi connectivity index (χ4v) is 1.16. The summed E-state index contributed by atoms with van der Waals surface area (Å²) in [5.74, 6) is 0.310. The number of phenolic OH excluding ortho intramolecular Hbond substituents is 1. The minimum atomic E-state index is 0.310. The maximum atomic E-state index is 9.38. The summed E-state index contributed by atoms with van der Waals surface area (Å²) in [4.78, 5) is 0. The lowest BCUT2D eigenvalue weighted by atomic mass is 10.1. The predicted molar refractivity (Wildman–Crippen MR) is 51.4 cm³/mol. The van der Waals surface area contributed by atoms with E-state index in [4.69, 9.17) is 0 Å². The largest absolute Gasteiger partial charge is 0.508 e. The van der Waals surface area contributed by atoms with Crippen molar-refractivity contribution < 1.29 is 5.11 Å². The normalized spacial score (nSPS) is 9.50. The van der Waals surface area contributed by atoms with Crippen LogP contribution in [0.25, 0.3) is 0 Å². The zero-order chi connectivity index (χ0) is 9.14. The lowest BCUT2D eigenvalue weighted by molar-refractivity contribution is 0.471. The van der Waals surface area contributed by atoms with Gasteiger partial charge in [0.15, 0.2) is 0 Å². The quantitative estimate of drug-likeness (QED) is 0.702. The van der Waals surface area contributed by atoms with E-state index >= 15 is 0 Å². The molecule has 1 aromatic carbocycles.